The first-order chi connectivity index (χ1) is 15.1. The van der Waals surface area contributed by atoms with E-state index < -0.39 is 0 Å². The lowest BCUT2D eigenvalue weighted by Crippen LogP contribution is -2.38. The number of aromatic nitrogens is 2. The summed E-state index contributed by atoms with van der Waals surface area (Å²) in [6.07, 6.45) is 5.02. The normalized spacial score (nSPS) is 14.3. The van der Waals surface area contributed by atoms with Gasteiger partial charge < -0.3 is 15.0 Å². The van der Waals surface area contributed by atoms with Crippen LogP contribution >= 0.6 is 11.8 Å². The molecule has 3 aromatic rings. The molecule has 2 aromatic carbocycles. The average molecular weight is 435 g/mol. The van der Waals surface area contributed by atoms with Crippen LogP contribution in [-0.2, 0) is 4.79 Å². The van der Waals surface area contributed by atoms with Crippen molar-refractivity contribution in [3.05, 3.63) is 66.5 Å². The Morgan fingerprint density at radius 3 is 2.65 bits per heavy atom. The Hall–Kier alpha value is -3.06. The van der Waals surface area contributed by atoms with E-state index in [1.807, 2.05) is 24.3 Å². The summed E-state index contributed by atoms with van der Waals surface area (Å²) in [5, 5.41) is 3.92. The van der Waals surface area contributed by atoms with Gasteiger partial charge >= 0.3 is 0 Å². The largest absolute Gasteiger partial charge is 0.497 e. The van der Waals surface area contributed by atoms with Gasteiger partial charge in [0.05, 0.1) is 7.11 Å². The number of rotatable bonds is 6. The minimum absolute atomic E-state index is 0.0213. The molecule has 1 aliphatic heterocycles. The first-order valence-corrected chi connectivity index (χ1v) is 11.2. The van der Waals surface area contributed by atoms with Gasteiger partial charge in [-0.15, -0.1) is 0 Å². The molecule has 0 radical (unpaired) electrons. The summed E-state index contributed by atoms with van der Waals surface area (Å²) in [4.78, 5) is 25.3. The Balaban J connectivity index is 1.39. The Morgan fingerprint density at radius 2 is 1.87 bits per heavy atom. The van der Waals surface area contributed by atoms with Crippen molar-refractivity contribution in [1.82, 2.24) is 9.97 Å². The van der Waals surface area contributed by atoms with Crippen LogP contribution < -0.4 is 15.0 Å². The van der Waals surface area contributed by atoms with Gasteiger partial charge in [0.2, 0.25) is 5.91 Å². The van der Waals surface area contributed by atoms with Gasteiger partial charge in [-0.1, -0.05) is 35.5 Å². The smallest absolute Gasteiger partial charge is 0.227 e. The topological polar surface area (TPSA) is 67.3 Å². The molecule has 1 aliphatic rings. The number of hydrogen-bond donors (Lipinski definition) is 1. The minimum Gasteiger partial charge on any atom is -0.497 e. The third kappa shape index (κ3) is 5.35. The molecule has 0 unspecified atom stereocenters. The predicted octanol–water partition coefficient (Wildman–Crippen LogP) is 4.80. The Bertz CT molecular complexity index is 1050. The first-order valence-electron chi connectivity index (χ1n) is 10.4. The van der Waals surface area contributed by atoms with E-state index in [9.17, 15) is 4.79 Å². The van der Waals surface area contributed by atoms with Gasteiger partial charge in [0.25, 0.3) is 0 Å². The SMILES string of the molecule is COc1cccc(NC(=O)C2CCN(c3nccnc3Sc3cccc(C)c3)CC2)c1. The second-order valence-electron chi connectivity index (χ2n) is 7.59. The van der Waals surface area contributed by atoms with Crippen LogP contribution in [0.25, 0.3) is 0 Å². The Morgan fingerprint density at radius 1 is 1.10 bits per heavy atom. The number of amides is 1. The summed E-state index contributed by atoms with van der Waals surface area (Å²) in [6, 6.07) is 15.8. The van der Waals surface area contributed by atoms with Gasteiger partial charge in [-0.3, -0.25) is 4.79 Å². The number of piperidine rings is 1. The van der Waals surface area contributed by atoms with Crippen LogP contribution in [0.15, 0.2) is 70.8 Å². The molecule has 0 spiro atoms. The van der Waals surface area contributed by atoms with E-state index in [1.165, 1.54) is 5.56 Å². The van der Waals surface area contributed by atoms with E-state index in [0.717, 1.165) is 53.1 Å². The average Bonchev–Trinajstić information content (AvgIpc) is 2.80. The van der Waals surface area contributed by atoms with Crippen LogP contribution in [0.4, 0.5) is 11.5 Å². The lowest BCUT2D eigenvalue weighted by atomic mass is 9.96. The van der Waals surface area contributed by atoms with Crippen LogP contribution in [0.2, 0.25) is 0 Å². The first kappa shape index (κ1) is 21.2. The van der Waals surface area contributed by atoms with E-state index in [0.29, 0.717) is 0 Å². The number of nitrogens with one attached hydrogen (secondary N) is 1. The zero-order valence-electron chi connectivity index (χ0n) is 17.7. The molecule has 31 heavy (non-hydrogen) atoms. The molecule has 4 rings (SSSR count). The highest BCUT2D eigenvalue weighted by molar-refractivity contribution is 7.99. The van der Waals surface area contributed by atoms with E-state index >= 15 is 0 Å². The van der Waals surface area contributed by atoms with E-state index in [-0.39, 0.29) is 11.8 Å². The summed E-state index contributed by atoms with van der Waals surface area (Å²) in [6.45, 7) is 3.63. The molecule has 1 aromatic heterocycles. The molecule has 0 aliphatic carbocycles. The molecule has 1 saturated heterocycles. The second kappa shape index (κ2) is 9.83. The van der Waals surface area contributed by atoms with Crippen molar-refractivity contribution < 1.29 is 9.53 Å². The van der Waals surface area contributed by atoms with Gasteiger partial charge in [-0.05, 0) is 44.0 Å². The van der Waals surface area contributed by atoms with Gasteiger partial charge in [0, 0.05) is 48.1 Å². The summed E-state index contributed by atoms with van der Waals surface area (Å²) >= 11 is 1.63. The molecule has 1 N–H and O–H groups in total. The maximum absolute atomic E-state index is 12.7. The van der Waals surface area contributed by atoms with Crippen LogP contribution in [0, 0.1) is 12.8 Å². The molecule has 160 valence electrons. The zero-order chi connectivity index (χ0) is 21.6. The van der Waals surface area contributed by atoms with Crippen molar-refractivity contribution in [2.24, 2.45) is 5.92 Å². The van der Waals surface area contributed by atoms with Crippen LogP contribution in [0.5, 0.6) is 5.75 Å². The summed E-state index contributed by atoms with van der Waals surface area (Å²) in [7, 11) is 1.62. The number of hydrogen-bond acceptors (Lipinski definition) is 6. The number of carbonyl (C=O) groups is 1. The maximum Gasteiger partial charge on any atom is 0.227 e. The van der Waals surface area contributed by atoms with Crippen molar-refractivity contribution in [1.29, 1.82) is 0 Å². The second-order valence-corrected chi connectivity index (χ2v) is 8.65. The van der Waals surface area contributed by atoms with E-state index in [1.54, 1.807) is 31.3 Å². The highest BCUT2D eigenvalue weighted by Gasteiger charge is 2.27. The monoisotopic (exact) mass is 434 g/mol. The van der Waals surface area contributed by atoms with Gasteiger partial charge in [-0.25, -0.2) is 9.97 Å². The van der Waals surface area contributed by atoms with Crippen molar-refractivity contribution in [3.8, 4) is 5.75 Å². The minimum atomic E-state index is -0.0213. The Kier molecular flexibility index (Phi) is 6.72. The number of anilines is 2. The van der Waals surface area contributed by atoms with Crippen molar-refractivity contribution in [2.75, 3.05) is 30.4 Å². The fourth-order valence-electron chi connectivity index (χ4n) is 3.70. The molecule has 0 bridgehead atoms. The highest BCUT2D eigenvalue weighted by Crippen LogP contribution is 2.34. The Labute approximate surface area is 187 Å². The van der Waals surface area contributed by atoms with Crippen molar-refractivity contribution in [2.45, 2.75) is 29.7 Å². The van der Waals surface area contributed by atoms with Gasteiger partial charge in [-0.2, -0.15) is 0 Å². The molecular weight excluding hydrogens is 408 g/mol. The lowest BCUT2D eigenvalue weighted by molar-refractivity contribution is -0.120. The van der Waals surface area contributed by atoms with Crippen LogP contribution in [0.3, 0.4) is 0 Å². The standard InChI is InChI=1S/C24H26N4O2S/c1-17-5-3-8-21(15-17)31-24-22(25-11-12-26-24)28-13-9-18(10-14-28)23(29)27-19-6-4-7-20(16-19)30-2/h3-8,11-12,15-16,18H,9-10,13-14H2,1-2H3,(H,27,29). The summed E-state index contributed by atoms with van der Waals surface area (Å²) < 4.78 is 5.23. The molecule has 7 heteroatoms. The molecule has 2 heterocycles. The van der Waals surface area contributed by atoms with Gasteiger partial charge in [0.15, 0.2) is 5.82 Å². The third-order valence-corrected chi connectivity index (χ3v) is 6.32. The highest BCUT2D eigenvalue weighted by atomic mass is 32.2. The quantitative estimate of drug-likeness (QED) is 0.601. The zero-order valence-corrected chi connectivity index (χ0v) is 18.6. The van der Waals surface area contributed by atoms with Crippen LogP contribution in [0.1, 0.15) is 18.4 Å². The summed E-state index contributed by atoms with van der Waals surface area (Å²) in [5.74, 6) is 1.66. The molecule has 0 saturated carbocycles. The predicted molar refractivity (Wildman–Crippen MR) is 124 cm³/mol. The molecular formula is C24H26N4O2S. The summed E-state index contributed by atoms with van der Waals surface area (Å²) in [5.41, 5.74) is 1.98. The van der Waals surface area contributed by atoms with Crippen LogP contribution in [-0.4, -0.2) is 36.1 Å². The molecule has 6 nitrogen and oxygen atoms in total. The number of nitrogens with zero attached hydrogens (tertiary/aromatic N) is 3. The number of aryl methyl sites for hydroxylation is 1. The maximum atomic E-state index is 12.7. The molecule has 1 amide bonds. The third-order valence-electron chi connectivity index (χ3n) is 5.35. The van der Waals surface area contributed by atoms with Crippen molar-refractivity contribution in [3.63, 3.8) is 0 Å². The number of ether oxygens (including phenoxy) is 1. The number of benzene rings is 2. The van der Waals surface area contributed by atoms with E-state index in [4.69, 9.17) is 4.74 Å². The number of methoxy groups -OCH3 is 1. The molecule has 1 fully saturated rings. The number of carbonyl (C=O) groups excluding carboxylic acids is 1. The fraction of sp³-hybridized carbons (Fsp3) is 0.292. The van der Waals surface area contributed by atoms with E-state index in [2.05, 4.69) is 51.4 Å². The molecule has 0 atom stereocenters. The fourth-order valence-corrected chi connectivity index (χ4v) is 4.70. The van der Waals surface area contributed by atoms with Gasteiger partial charge in [0.1, 0.15) is 10.8 Å². The lowest BCUT2D eigenvalue weighted by Gasteiger charge is -2.32. The van der Waals surface area contributed by atoms with Crippen molar-refractivity contribution >= 4 is 29.2 Å².